The van der Waals surface area contributed by atoms with E-state index in [0.29, 0.717) is 0 Å². The second kappa shape index (κ2) is 8.93. The molecule has 0 aliphatic carbocycles. The van der Waals surface area contributed by atoms with Gasteiger partial charge in [-0.2, -0.15) is 0 Å². The first-order valence-electron chi connectivity index (χ1n) is 7.61. The highest BCUT2D eigenvalue weighted by molar-refractivity contribution is 6.74. The van der Waals surface area contributed by atoms with Crippen molar-refractivity contribution in [3.63, 3.8) is 0 Å². The number of ether oxygens (including phenoxy) is 1. The Bertz CT molecular complexity index is 244. The van der Waals surface area contributed by atoms with E-state index in [0.717, 1.165) is 32.5 Å². The van der Waals surface area contributed by atoms with Crippen LogP contribution in [0, 0.1) is 0 Å². The van der Waals surface area contributed by atoms with Crippen molar-refractivity contribution in [2.45, 2.75) is 77.6 Å². The van der Waals surface area contributed by atoms with E-state index in [1.54, 1.807) is 0 Å². The van der Waals surface area contributed by atoms with E-state index in [1.807, 2.05) is 6.08 Å². The van der Waals surface area contributed by atoms with Gasteiger partial charge in [-0.05, 0) is 37.4 Å². The molecule has 0 saturated carbocycles. The number of hydrogen-bond acceptors (Lipinski definition) is 2. The minimum Gasteiger partial charge on any atom is -0.414 e. The Hall–Kier alpha value is -0.123. The Morgan fingerprint density at radius 3 is 2.32 bits per heavy atom. The molecule has 0 heterocycles. The molecule has 2 nitrogen and oxygen atoms in total. The summed E-state index contributed by atoms with van der Waals surface area (Å²) in [6, 6.07) is 0. The fourth-order valence-corrected chi connectivity index (χ4v) is 2.97. The largest absolute Gasteiger partial charge is 0.414 e. The van der Waals surface area contributed by atoms with E-state index in [4.69, 9.17) is 9.16 Å². The molecule has 19 heavy (non-hydrogen) atoms. The topological polar surface area (TPSA) is 18.5 Å². The maximum absolute atomic E-state index is 6.44. The van der Waals surface area contributed by atoms with Gasteiger partial charge in [0, 0.05) is 13.2 Å². The van der Waals surface area contributed by atoms with Crippen LogP contribution in [0.25, 0.3) is 0 Å². The fraction of sp³-hybridized carbons (Fsp3) is 0.875. The summed E-state index contributed by atoms with van der Waals surface area (Å²) in [5.41, 5.74) is 0. The third-order valence-electron chi connectivity index (χ3n) is 3.92. The van der Waals surface area contributed by atoms with Gasteiger partial charge in [0.05, 0.1) is 6.10 Å². The van der Waals surface area contributed by atoms with Gasteiger partial charge in [0.25, 0.3) is 0 Å². The lowest BCUT2D eigenvalue weighted by Crippen LogP contribution is -2.44. The monoisotopic (exact) mass is 286 g/mol. The van der Waals surface area contributed by atoms with Gasteiger partial charge >= 0.3 is 0 Å². The Morgan fingerprint density at radius 2 is 1.84 bits per heavy atom. The zero-order valence-electron chi connectivity index (χ0n) is 13.9. The molecule has 0 aromatic rings. The van der Waals surface area contributed by atoms with Gasteiger partial charge in [-0.1, -0.05) is 40.2 Å². The predicted molar refractivity (Wildman–Crippen MR) is 87.2 cm³/mol. The molecular weight excluding hydrogens is 252 g/mol. The molecular formula is C16H34O2Si. The van der Waals surface area contributed by atoms with Crippen LogP contribution in [0.15, 0.2) is 12.7 Å². The molecule has 0 aliphatic heterocycles. The summed E-state index contributed by atoms with van der Waals surface area (Å²) in [6.45, 7) is 19.2. The lowest BCUT2D eigenvalue weighted by Gasteiger charge is -2.39. The van der Waals surface area contributed by atoms with Gasteiger partial charge in [-0.3, -0.25) is 0 Å². The van der Waals surface area contributed by atoms with Gasteiger partial charge in [0.15, 0.2) is 8.32 Å². The normalized spacial score (nSPS) is 14.4. The molecule has 0 saturated heterocycles. The lowest BCUT2D eigenvalue weighted by molar-refractivity contribution is 0.0857. The summed E-state index contributed by atoms with van der Waals surface area (Å²) in [7, 11) is -1.68. The molecule has 0 rings (SSSR count). The van der Waals surface area contributed by atoms with Crippen molar-refractivity contribution in [3.8, 4) is 0 Å². The molecule has 0 N–H and O–H groups in total. The Morgan fingerprint density at radius 1 is 1.21 bits per heavy atom. The second-order valence-corrected chi connectivity index (χ2v) is 11.5. The van der Waals surface area contributed by atoms with Crippen LogP contribution in [0.5, 0.6) is 0 Å². The van der Waals surface area contributed by atoms with Gasteiger partial charge < -0.3 is 9.16 Å². The molecule has 0 fully saturated rings. The standard InChI is InChI=1S/C16H34O2Si/c1-8-10-13-17-14-12-15(11-9-2)18-19(6,7)16(3,4)5/h9,15H,2,8,10-14H2,1,3-7H3/t15-/m0/s1. The smallest absolute Gasteiger partial charge is 0.192 e. The van der Waals surface area contributed by atoms with Crippen molar-refractivity contribution in [2.24, 2.45) is 0 Å². The van der Waals surface area contributed by atoms with Crippen LogP contribution in [-0.2, 0) is 9.16 Å². The first-order valence-corrected chi connectivity index (χ1v) is 10.5. The minimum atomic E-state index is -1.68. The minimum absolute atomic E-state index is 0.259. The van der Waals surface area contributed by atoms with Crippen molar-refractivity contribution in [3.05, 3.63) is 12.7 Å². The van der Waals surface area contributed by atoms with Crippen LogP contribution in [-0.4, -0.2) is 27.6 Å². The van der Waals surface area contributed by atoms with E-state index in [9.17, 15) is 0 Å². The molecule has 0 spiro atoms. The molecule has 1 atom stereocenters. The Kier molecular flexibility index (Phi) is 8.87. The van der Waals surface area contributed by atoms with Crippen molar-refractivity contribution in [1.82, 2.24) is 0 Å². The summed E-state index contributed by atoms with van der Waals surface area (Å²) in [5, 5.41) is 0.259. The fourth-order valence-electron chi connectivity index (χ4n) is 1.57. The summed E-state index contributed by atoms with van der Waals surface area (Å²) in [6.07, 6.45) is 6.46. The summed E-state index contributed by atoms with van der Waals surface area (Å²) in [4.78, 5) is 0. The lowest BCUT2D eigenvalue weighted by atomic mass is 10.2. The van der Waals surface area contributed by atoms with Crippen LogP contribution in [0.2, 0.25) is 18.1 Å². The molecule has 114 valence electrons. The molecule has 0 aromatic carbocycles. The van der Waals surface area contributed by atoms with Crippen LogP contribution in [0.1, 0.15) is 53.4 Å². The average molecular weight is 287 g/mol. The highest BCUT2D eigenvalue weighted by Gasteiger charge is 2.38. The number of rotatable bonds is 10. The third-order valence-corrected chi connectivity index (χ3v) is 8.46. The summed E-state index contributed by atoms with van der Waals surface area (Å²) >= 11 is 0. The zero-order chi connectivity index (χ0) is 14.9. The van der Waals surface area contributed by atoms with E-state index in [1.165, 1.54) is 6.42 Å². The first kappa shape index (κ1) is 18.9. The SMILES string of the molecule is C=CC[C@@H](CCOCCCC)O[Si](C)(C)C(C)(C)C. The number of unbranched alkanes of at least 4 members (excludes halogenated alkanes) is 1. The van der Waals surface area contributed by atoms with Gasteiger partial charge in [-0.25, -0.2) is 0 Å². The van der Waals surface area contributed by atoms with Crippen molar-refractivity contribution in [1.29, 1.82) is 0 Å². The van der Waals surface area contributed by atoms with E-state index in [2.05, 4.69) is 47.4 Å². The molecule has 0 amide bonds. The van der Waals surface area contributed by atoms with Crippen LogP contribution in [0.3, 0.4) is 0 Å². The molecule has 0 bridgehead atoms. The molecule has 0 unspecified atom stereocenters. The molecule has 3 heteroatoms. The second-order valence-electron chi connectivity index (χ2n) is 6.78. The highest BCUT2D eigenvalue weighted by atomic mass is 28.4. The summed E-state index contributed by atoms with van der Waals surface area (Å²) < 4.78 is 12.1. The van der Waals surface area contributed by atoms with E-state index >= 15 is 0 Å². The van der Waals surface area contributed by atoms with Crippen LogP contribution >= 0.6 is 0 Å². The maximum Gasteiger partial charge on any atom is 0.192 e. The maximum atomic E-state index is 6.44. The van der Waals surface area contributed by atoms with Gasteiger partial charge in [-0.15, -0.1) is 6.58 Å². The van der Waals surface area contributed by atoms with E-state index < -0.39 is 8.32 Å². The Balaban J connectivity index is 4.22. The predicted octanol–water partition coefficient (Wildman–Crippen LogP) is 5.16. The molecule has 0 aliphatic rings. The van der Waals surface area contributed by atoms with Crippen molar-refractivity contribution >= 4 is 8.32 Å². The third kappa shape index (κ3) is 7.90. The van der Waals surface area contributed by atoms with Gasteiger partial charge in [0.2, 0.25) is 0 Å². The molecule has 0 radical (unpaired) electrons. The van der Waals surface area contributed by atoms with Crippen molar-refractivity contribution in [2.75, 3.05) is 13.2 Å². The van der Waals surface area contributed by atoms with Crippen LogP contribution < -0.4 is 0 Å². The summed E-state index contributed by atoms with van der Waals surface area (Å²) in [5.74, 6) is 0. The van der Waals surface area contributed by atoms with Gasteiger partial charge in [0.1, 0.15) is 0 Å². The quantitative estimate of drug-likeness (QED) is 0.314. The zero-order valence-corrected chi connectivity index (χ0v) is 14.9. The Labute approximate surface area is 121 Å². The number of hydrogen-bond donors (Lipinski definition) is 0. The van der Waals surface area contributed by atoms with E-state index in [-0.39, 0.29) is 11.1 Å². The first-order chi connectivity index (χ1) is 8.74. The average Bonchev–Trinajstić information content (AvgIpc) is 2.27. The van der Waals surface area contributed by atoms with Crippen molar-refractivity contribution < 1.29 is 9.16 Å². The highest BCUT2D eigenvalue weighted by Crippen LogP contribution is 2.37. The van der Waals surface area contributed by atoms with Crippen LogP contribution in [0.4, 0.5) is 0 Å². The molecule has 0 aromatic heterocycles.